The Bertz CT molecular complexity index is 562. The molecule has 2 aromatic rings. The molecule has 1 atom stereocenters. The molecule has 2 rings (SSSR count). The first-order chi connectivity index (χ1) is 9.06. The number of halogens is 3. The van der Waals surface area contributed by atoms with Gasteiger partial charge in [0.15, 0.2) is 0 Å². The summed E-state index contributed by atoms with van der Waals surface area (Å²) in [5.41, 5.74) is 1.59. The fraction of sp³-hybridized carbons (Fsp3) is 0.143. The lowest BCUT2D eigenvalue weighted by Crippen LogP contribution is -2.12. The van der Waals surface area contributed by atoms with Crippen molar-refractivity contribution in [1.82, 2.24) is 0 Å². The van der Waals surface area contributed by atoms with Crippen LogP contribution in [-0.4, -0.2) is 11.7 Å². The first-order valence-corrected chi connectivity index (χ1v) is 7.14. The topological polar surface area (TPSA) is 32.3 Å². The predicted molar refractivity (Wildman–Crippen MR) is 84.0 cm³/mol. The minimum absolute atomic E-state index is 0.270. The number of aliphatic hydroxyl groups is 1. The lowest BCUT2D eigenvalue weighted by atomic mass is 10.1. The second-order valence-electron chi connectivity index (χ2n) is 4.07. The molecule has 0 radical (unpaired) electrons. The summed E-state index contributed by atoms with van der Waals surface area (Å²) in [7, 11) is 0. The van der Waals surface area contributed by atoms with Gasteiger partial charge >= 0.3 is 0 Å². The molecule has 0 saturated carbocycles. The Morgan fingerprint density at radius 1 is 1.21 bits per heavy atom. The largest absolute Gasteiger partial charge is 0.387 e. The van der Waals surface area contributed by atoms with Gasteiger partial charge in [0.2, 0.25) is 0 Å². The van der Waals surface area contributed by atoms with Crippen molar-refractivity contribution in [3.8, 4) is 0 Å². The Morgan fingerprint density at radius 3 is 2.53 bits per heavy atom. The third kappa shape index (κ3) is 4.06. The van der Waals surface area contributed by atoms with Gasteiger partial charge in [-0.25, -0.2) is 4.39 Å². The zero-order valence-corrected chi connectivity index (χ0v) is 12.8. The van der Waals surface area contributed by atoms with E-state index in [2.05, 4.69) is 27.9 Å². The van der Waals surface area contributed by atoms with Crippen molar-refractivity contribution in [2.45, 2.75) is 6.10 Å². The Morgan fingerprint density at radius 2 is 1.89 bits per heavy atom. The number of nitrogens with one attached hydrogen (secondary N) is 1. The van der Waals surface area contributed by atoms with Crippen molar-refractivity contribution in [2.24, 2.45) is 0 Å². The van der Waals surface area contributed by atoms with E-state index >= 15 is 0 Å². The second-order valence-corrected chi connectivity index (χ2v) is 5.67. The molecular formula is C14H12ClFINO. The van der Waals surface area contributed by atoms with Gasteiger partial charge in [-0.1, -0.05) is 23.7 Å². The third-order valence-corrected chi connectivity index (χ3v) is 3.82. The normalized spacial score (nSPS) is 12.2. The molecule has 0 saturated heterocycles. The van der Waals surface area contributed by atoms with E-state index in [0.717, 1.165) is 14.8 Å². The summed E-state index contributed by atoms with van der Waals surface area (Å²) in [5, 5.41) is 13.8. The summed E-state index contributed by atoms with van der Waals surface area (Å²) in [4.78, 5) is 0. The van der Waals surface area contributed by atoms with Crippen molar-refractivity contribution < 1.29 is 9.50 Å². The van der Waals surface area contributed by atoms with Gasteiger partial charge in [0.25, 0.3) is 0 Å². The molecule has 0 spiro atoms. The molecule has 2 N–H and O–H groups in total. The molecule has 19 heavy (non-hydrogen) atoms. The number of hydrogen-bond donors (Lipinski definition) is 2. The molecule has 0 aromatic heterocycles. The maximum Gasteiger partial charge on any atom is 0.124 e. The summed E-state index contributed by atoms with van der Waals surface area (Å²) >= 11 is 7.84. The molecule has 100 valence electrons. The summed E-state index contributed by atoms with van der Waals surface area (Å²) in [6.07, 6.45) is -0.641. The quantitative estimate of drug-likeness (QED) is 0.765. The highest BCUT2D eigenvalue weighted by atomic mass is 127. The minimum atomic E-state index is -0.641. The van der Waals surface area contributed by atoms with E-state index in [1.165, 1.54) is 12.1 Å². The molecule has 0 bridgehead atoms. The average Bonchev–Trinajstić information content (AvgIpc) is 2.38. The SMILES string of the molecule is OC(CNc1ccc(F)cc1I)c1ccc(Cl)cc1. The Kier molecular flexibility index (Phi) is 5.01. The van der Waals surface area contributed by atoms with Crippen LogP contribution in [0, 0.1) is 9.39 Å². The standard InChI is InChI=1S/C14H12ClFINO/c15-10-3-1-9(2-4-10)14(19)8-18-13-6-5-11(16)7-12(13)17/h1-7,14,18-19H,8H2. The van der Waals surface area contributed by atoms with Gasteiger partial charge in [0, 0.05) is 20.8 Å². The highest BCUT2D eigenvalue weighted by Crippen LogP contribution is 2.21. The summed E-state index contributed by atoms with van der Waals surface area (Å²) in [6.45, 7) is 0.350. The maximum absolute atomic E-state index is 13.0. The predicted octanol–water partition coefficient (Wildman–Crippen LogP) is 4.23. The van der Waals surface area contributed by atoms with Crippen LogP contribution < -0.4 is 5.32 Å². The van der Waals surface area contributed by atoms with Crippen molar-refractivity contribution >= 4 is 39.9 Å². The van der Waals surface area contributed by atoms with Crippen LogP contribution in [0.25, 0.3) is 0 Å². The van der Waals surface area contributed by atoms with E-state index in [1.807, 2.05) is 0 Å². The first kappa shape index (κ1) is 14.6. The highest BCUT2D eigenvalue weighted by molar-refractivity contribution is 14.1. The zero-order valence-electron chi connectivity index (χ0n) is 9.91. The van der Waals surface area contributed by atoms with Crippen LogP contribution in [0.15, 0.2) is 42.5 Å². The second kappa shape index (κ2) is 6.54. The molecule has 5 heteroatoms. The number of aliphatic hydroxyl groups excluding tert-OH is 1. The number of anilines is 1. The van der Waals surface area contributed by atoms with Gasteiger partial charge in [-0.3, -0.25) is 0 Å². The van der Waals surface area contributed by atoms with E-state index in [0.29, 0.717) is 11.6 Å². The van der Waals surface area contributed by atoms with Crippen LogP contribution in [0.4, 0.5) is 10.1 Å². The van der Waals surface area contributed by atoms with Crippen molar-refractivity contribution in [3.05, 3.63) is 62.4 Å². The van der Waals surface area contributed by atoms with Crippen LogP contribution in [-0.2, 0) is 0 Å². The van der Waals surface area contributed by atoms with Gasteiger partial charge in [0.05, 0.1) is 6.10 Å². The lowest BCUT2D eigenvalue weighted by molar-refractivity contribution is 0.191. The molecule has 2 nitrogen and oxygen atoms in total. The van der Waals surface area contributed by atoms with E-state index < -0.39 is 6.10 Å². The van der Waals surface area contributed by atoms with Crippen molar-refractivity contribution in [1.29, 1.82) is 0 Å². The van der Waals surface area contributed by atoms with Crippen LogP contribution in [0.2, 0.25) is 5.02 Å². The Balaban J connectivity index is 2.00. The van der Waals surface area contributed by atoms with Crippen LogP contribution >= 0.6 is 34.2 Å². The lowest BCUT2D eigenvalue weighted by Gasteiger charge is -2.14. The molecule has 0 fully saturated rings. The number of benzene rings is 2. The maximum atomic E-state index is 13.0. The monoisotopic (exact) mass is 391 g/mol. The number of hydrogen-bond acceptors (Lipinski definition) is 2. The Hall–Kier alpha value is -0.850. The van der Waals surface area contributed by atoms with E-state index in [4.69, 9.17) is 11.6 Å². The highest BCUT2D eigenvalue weighted by Gasteiger charge is 2.08. The smallest absolute Gasteiger partial charge is 0.124 e. The minimum Gasteiger partial charge on any atom is -0.387 e. The summed E-state index contributed by atoms with van der Waals surface area (Å²) in [6, 6.07) is 11.5. The van der Waals surface area contributed by atoms with E-state index in [1.54, 1.807) is 30.3 Å². The van der Waals surface area contributed by atoms with Gasteiger partial charge < -0.3 is 10.4 Å². The van der Waals surface area contributed by atoms with Gasteiger partial charge in [0.1, 0.15) is 5.82 Å². The van der Waals surface area contributed by atoms with Crippen LogP contribution in [0.1, 0.15) is 11.7 Å². The van der Waals surface area contributed by atoms with Gasteiger partial charge in [-0.15, -0.1) is 0 Å². The number of rotatable bonds is 4. The summed E-state index contributed by atoms with van der Waals surface area (Å²) < 4.78 is 13.7. The average molecular weight is 392 g/mol. The zero-order chi connectivity index (χ0) is 13.8. The van der Waals surface area contributed by atoms with Gasteiger partial charge in [-0.2, -0.15) is 0 Å². The van der Waals surface area contributed by atoms with Crippen LogP contribution in [0.3, 0.4) is 0 Å². The molecule has 2 aromatic carbocycles. The molecule has 0 aliphatic rings. The molecule has 1 unspecified atom stereocenters. The fourth-order valence-corrected chi connectivity index (χ4v) is 2.44. The molecular weight excluding hydrogens is 380 g/mol. The van der Waals surface area contributed by atoms with Gasteiger partial charge in [-0.05, 0) is 58.5 Å². The Labute approximate surface area is 129 Å². The molecule has 0 aliphatic carbocycles. The van der Waals surface area contributed by atoms with Crippen LogP contribution in [0.5, 0.6) is 0 Å². The molecule has 0 amide bonds. The third-order valence-electron chi connectivity index (χ3n) is 2.67. The molecule has 0 aliphatic heterocycles. The summed E-state index contributed by atoms with van der Waals surface area (Å²) in [5.74, 6) is -0.270. The fourth-order valence-electron chi connectivity index (χ4n) is 1.64. The molecule has 0 heterocycles. The van der Waals surface area contributed by atoms with Crippen molar-refractivity contribution in [3.63, 3.8) is 0 Å². The van der Waals surface area contributed by atoms with E-state index in [-0.39, 0.29) is 5.82 Å². The van der Waals surface area contributed by atoms with Crippen molar-refractivity contribution in [2.75, 3.05) is 11.9 Å². The van der Waals surface area contributed by atoms with E-state index in [9.17, 15) is 9.50 Å². The first-order valence-electron chi connectivity index (χ1n) is 5.69.